The van der Waals surface area contributed by atoms with Gasteiger partial charge in [0.2, 0.25) is 11.8 Å². The van der Waals surface area contributed by atoms with Crippen LogP contribution in [0.15, 0.2) is 36.4 Å². The number of methoxy groups -OCH3 is 1. The number of rotatable bonds is 7. The molecule has 6 nitrogen and oxygen atoms in total. The van der Waals surface area contributed by atoms with Crippen LogP contribution in [-0.4, -0.2) is 49.5 Å². The Balaban J connectivity index is 0.00000320. The number of amides is 2. The monoisotopic (exact) mass is 433 g/mol. The third kappa shape index (κ3) is 5.64. The number of nitrogens with two attached hydrogens (primary N) is 1. The third-order valence-electron chi connectivity index (χ3n) is 5.76. The predicted molar refractivity (Wildman–Crippen MR) is 122 cm³/mol. The summed E-state index contributed by atoms with van der Waals surface area (Å²) in [5.74, 6) is 0.656. The van der Waals surface area contributed by atoms with E-state index in [4.69, 9.17) is 10.5 Å². The molecular weight excluding hydrogens is 402 g/mol. The highest BCUT2D eigenvalue weighted by atomic mass is 35.5. The number of likely N-dealkylation sites (tertiary alicyclic amines) is 1. The van der Waals surface area contributed by atoms with Gasteiger partial charge >= 0.3 is 0 Å². The van der Waals surface area contributed by atoms with Crippen LogP contribution in [-0.2, 0) is 9.59 Å². The second kappa shape index (κ2) is 11.2. The van der Waals surface area contributed by atoms with Crippen LogP contribution in [0.3, 0.4) is 0 Å². The Bertz CT molecular complexity index is 874. The van der Waals surface area contributed by atoms with Gasteiger partial charge in [0.25, 0.3) is 0 Å². The number of halogens is 1. The van der Waals surface area contributed by atoms with Crippen LogP contribution < -0.4 is 15.8 Å². The van der Waals surface area contributed by atoms with Gasteiger partial charge in [0.05, 0.1) is 13.0 Å². The van der Waals surface area contributed by atoms with Gasteiger partial charge in [-0.2, -0.15) is 0 Å². The quantitative estimate of drug-likeness (QED) is 0.702. The smallest absolute Gasteiger partial charge is 0.230 e. The molecule has 0 saturated carbocycles. The highest BCUT2D eigenvalue weighted by molar-refractivity contribution is 5.88. The van der Waals surface area contributed by atoms with Crippen LogP contribution >= 0.6 is 12.4 Å². The van der Waals surface area contributed by atoms with Crippen molar-refractivity contribution in [3.63, 3.8) is 0 Å². The van der Waals surface area contributed by atoms with Gasteiger partial charge in [-0.25, -0.2) is 0 Å². The van der Waals surface area contributed by atoms with E-state index < -0.39 is 0 Å². The number of ether oxygens (including phenoxy) is 1. The molecule has 0 spiro atoms. The molecule has 0 aromatic heterocycles. The maximum atomic E-state index is 13.3. The van der Waals surface area contributed by atoms with Gasteiger partial charge in [-0.15, -0.1) is 12.4 Å². The zero-order valence-corrected chi connectivity index (χ0v) is 18.5. The van der Waals surface area contributed by atoms with Gasteiger partial charge in [-0.05, 0) is 54.7 Å². The number of carbonyl (C=O) groups is 2. The molecule has 1 aliphatic rings. The maximum absolute atomic E-state index is 13.3. The van der Waals surface area contributed by atoms with Crippen LogP contribution in [0.25, 0.3) is 10.8 Å². The summed E-state index contributed by atoms with van der Waals surface area (Å²) in [7, 11) is 1.66. The summed E-state index contributed by atoms with van der Waals surface area (Å²) in [4.78, 5) is 27.0. The largest absolute Gasteiger partial charge is 0.497 e. The molecule has 2 atom stereocenters. The molecule has 7 heteroatoms. The van der Waals surface area contributed by atoms with E-state index in [-0.39, 0.29) is 36.2 Å². The summed E-state index contributed by atoms with van der Waals surface area (Å²) >= 11 is 0. The molecule has 2 amide bonds. The lowest BCUT2D eigenvalue weighted by atomic mass is 9.94. The number of nitrogens with zero attached hydrogens (tertiary/aromatic N) is 1. The molecule has 2 aromatic carbocycles. The highest BCUT2D eigenvalue weighted by Gasteiger charge is 2.30. The number of carbonyl (C=O) groups excluding carboxylic acids is 2. The molecule has 2 unspecified atom stereocenters. The van der Waals surface area contributed by atoms with Crippen LogP contribution in [0.1, 0.15) is 44.1 Å². The Kier molecular flexibility index (Phi) is 8.93. The predicted octanol–water partition coefficient (Wildman–Crippen LogP) is 3.22. The molecule has 30 heavy (non-hydrogen) atoms. The van der Waals surface area contributed by atoms with E-state index in [0.717, 1.165) is 47.9 Å². The Morgan fingerprint density at radius 1 is 1.20 bits per heavy atom. The minimum absolute atomic E-state index is 0. The standard InChI is InChI=1S/C23H31N3O3.ClH/c1-16(17-6-7-19-14-21(29-2)9-8-18(19)13-17)23(28)26-12-4-3-5-20(26)15-25-22(27)10-11-24;/h6-9,13-14,16,20H,3-5,10-12,15,24H2,1-2H3,(H,25,27);1H. The fraction of sp³-hybridized carbons (Fsp3) is 0.478. The molecule has 0 aliphatic carbocycles. The number of benzene rings is 2. The molecule has 0 radical (unpaired) electrons. The second-order valence-corrected chi connectivity index (χ2v) is 7.72. The van der Waals surface area contributed by atoms with Gasteiger partial charge in [0.1, 0.15) is 5.75 Å². The van der Waals surface area contributed by atoms with Crippen molar-refractivity contribution < 1.29 is 14.3 Å². The first-order chi connectivity index (χ1) is 14.0. The van der Waals surface area contributed by atoms with Crippen LogP contribution in [0.5, 0.6) is 5.75 Å². The van der Waals surface area contributed by atoms with Crippen molar-refractivity contribution in [1.29, 1.82) is 0 Å². The number of piperidine rings is 1. The van der Waals surface area contributed by atoms with Crippen molar-refractivity contribution in [3.05, 3.63) is 42.0 Å². The van der Waals surface area contributed by atoms with E-state index in [0.29, 0.717) is 19.5 Å². The molecule has 1 fully saturated rings. The van der Waals surface area contributed by atoms with E-state index in [1.54, 1.807) is 7.11 Å². The second-order valence-electron chi connectivity index (χ2n) is 7.72. The summed E-state index contributed by atoms with van der Waals surface area (Å²) in [5, 5.41) is 5.11. The minimum Gasteiger partial charge on any atom is -0.497 e. The fourth-order valence-electron chi connectivity index (χ4n) is 3.98. The highest BCUT2D eigenvalue weighted by Crippen LogP contribution is 2.28. The van der Waals surface area contributed by atoms with Gasteiger partial charge in [-0.1, -0.05) is 24.3 Å². The fourth-order valence-corrected chi connectivity index (χ4v) is 3.98. The molecule has 164 valence electrons. The first-order valence-corrected chi connectivity index (χ1v) is 10.4. The van der Waals surface area contributed by atoms with Crippen molar-refractivity contribution in [2.45, 2.75) is 44.6 Å². The van der Waals surface area contributed by atoms with Crippen LogP contribution in [0, 0.1) is 0 Å². The summed E-state index contributed by atoms with van der Waals surface area (Å²) in [6.07, 6.45) is 3.31. The Hall–Kier alpha value is -2.31. The topological polar surface area (TPSA) is 84.7 Å². The van der Waals surface area contributed by atoms with Crippen molar-refractivity contribution in [2.24, 2.45) is 5.73 Å². The van der Waals surface area contributed by atoms with Crippen LogP contribution in [0.4, 0.5) is 0 Å². The van der Waals surface area contributed by atoms with Crippen molar-refractivity contribution in [2.75, 3.05) is 26.7 Å². The molecule has 1 aliphatic heterocycles. The third-order valence-corrected chi connectivity index (χ3v) is 5.76. The van der Waals surface area contributed by atoms with Crippen molar-refractivity contribution in [1.82, 2.24) is 10.2 Å². The van der Waals surface area contributed by atoms with E-state index in [9.17, 15) is 9.59 Å². The average Bonchev–Trinajstić information content (AvgIpc) is 2.76. The average molecular weight is 434 g/mol. The van der Waals surface area contributed by atoms with Gasteiger partial charge in [0, 0.05) is 32.1 Å². The molecule has 0 bridgehead atoms. The van der Waals surface area contributed by atoms with E-state index in [2.05, 4.69) is 11.4 Å². The maximum Gasteiger partial charge on any atom is 0.230 e. The molecule has 1 heterocycles. The van der Waals surface area contributed by atoms with Gasteiger partial charge in [-0.3, -0.25) is 9.59 Å². The Labute approximate surface area is 184 Å². The summed E-state index contributed by atoms with van der Waals surface area (Å²) in [5.41, 5.74) is 6.44. The number of hydrogen-bond acceptors (Lipinski definition) is 4. The Morgan fingerprint density at radius 2 is 1.93 bits per heavy atom. The summed E-state index contributed by atoms with van der Waals surface area (Å²) < 4.78 is 5.29. The van der Waals surface area contributed by atoms with Crippen LogP contribution in [0.2, 0.25) is 0 Å². The number of nitrogens with one attached hydrogen (secondary N) is 1. The minimum atomic E-state index is -0.234. The molecular formula is C23H32ClN3O3. The lowest BCUT2D eigenvalue weighted by Gasteiger charge is -2.37. The van der Waals surface area contributed by atoms with Gasteiger partial charge in [0.15, 0.2) is 0 Å². The Morgan fingerprint density at radius 3 is 2.67 bits per heavy atom. The SMILES string of the molecule is COc1ccc2cc(C(C)C(=O)N3CCCCC3CNC(=O)CCN)ccc2c1.Cl. The molecule has 1 saturated heterocycles. The van der Waals surface area contributed by atoms with E-state index in [1.165, 1.54) is 0 Å². The van der Waals surface area contributed by atoms with E-state index >= 15 is 0 Å². The number of hydrogen-bond donors (Lipinski definition) is 2. The lowest BCUT2D eigenvalue weighted by Crippen LogP contribution is -2.50. The zero-order valence-electron chi connectivity index (χ0n) is 17.7. The summed E-state index contributed by atoms with van der Waals surface area (Å²) in [6, 6.07) is 12.1. The zero-order chi connectivity index (χ0) is 20.8. The molecule has 3 N–H and O–H groups in total. The number of fused-ring (bicyclic) bond motifs is 1. The first kappa shape index (κ1) is 24.0. The molecule has 3 rings (SSSR count). The van der Waals surface area contributed by atoms with Gasteiger partial charge < -0.3 is 20.7 Å². The lowest BCUT2D eigenvalue weighted by molar-refractivity contribution is -0.136. The van der Waals surface area contributed by atoms with E-state index in [1.807, 2.05) is 42.2 Å². The summed E-state index contributed by atoms with van der Waals surface area (Å²) in [6.45, 7) is 3.54. The van der Waals surface area contributed by atoms with Crippen molar-refractivity contribution in [3.8, 4) is 5.75 Å². The normalized spacial score (nSPS) is 17.2. The first-order valence-electron chi connectivity index (χ1n) is 10.4. The molecule has 2 aromatic rings. The van der Waals surface area contributed by atoms with Crippen molar-refractivity contribution >= 4 is 35.0 Å².